The molecule has 96 valence electrons. The van der Waals surface area contributed by atoms with E-state index in [1.54, 1.807) is 0 Å². The van der Waals surface area contributed by atoms with Gasteiger partial charge in [0.05, 0.1) is 12.3 Å². The Kier molecular flexibility index (Phi) is 6.53. The average molecular weight is 235 g/mol. The van der Waals surface area contributed by atoms with E-state index >= 15 is 0 Å². The van der Waals surface area contributed by atoms with Gasteiger partial charge >= 0.3 is 0 Å². The highest BCUT2D eigenvalue weighted by molar-refractivity contribution is 5.57. The average Bonchev–Trinajstić information content (AvgIpc) is 2.33. The zero-order valence-electron chi connectivity index (χ0n) is 11.2. The first-order valence-electron chi connectivity index (χ1n) is 6.73. The Morgan fingerprint density at radius 2 is 1.76 bits per heavy atom. The molecule has 2 heteroatoms. The molecule has 1 aromatic carbocycles. The summed E-state index contributed by atoms with van der Waals surface area (Å²) in [4.78, 5) is 0. The lowest BCUT2D eigenvalue weighted by molar-refractivity contribution is 0.306. The van der Waals surface area contributed by atoms with Gasteiger partial charge in [-0.3, -0.25) is 0 Å². The third kappa shape index (κ3) is 5.12. The van der Waals surface area contributed by atoms with Crippen LogP contribution in [0.25, 0.3) is 0 Å². The molecule has 0 amide bonds. The lowest BCUT2D eigenvalue weighted by Crippen LogP contribution is -2.01. The molecule has 0 aliphatic rings. The normalized spacial score (nSPS) is 10.5. The monoisotopic (exact) mass is 235 g/mol. The quantitative estimate of drug-likeness (QED) is 0.538. The summed E-state index contributed by atoms with van der Waals surface area (Å²) in [5.74, 6) is 0.832. The van der Waals surface area contributed by atoms with Gasteiger partial charge in [-0.05, 0) is 25.0 Å². The zero-order valence-corrected chi connectivity index (χ0v) is 11.2. The number of rotatable bonds is 8. The summed E-state index contributed by atoms with van der Waals surface area (Å²) in [5.41, 5.74) is 7.80. The van der Waals surface area contributed by atoms with Gasteiger partial charge in [-0.15, -0.1) is 0 Å². The number of benzene rings is 1. The molecule has 0 heterocycles. The highest BCUT2D eigenvalue weighted by atomic mass is 16.5. The van der Waals surface area contributed by atoms with Crippen LogP contribution in [0.3, 0.4) is 0 Å². The molecule has 0 aliphatic heterocycles. The Morgan fingerprint density at radius 1 is 1.06 bits per heavy atom. The molecule has 0 radical (unpaired) electrons. The van der Waals surface area contributed by atoms with E-state index in [9.17, 15) is 0 Å². The molecule has 1 rings (SSSR count). The third-order valence-electron chi connectivity index (χ3n) is 3.04. The van der Waals surface area contributed by atoms with Crippen LogP contribution < -0.4 is 10.5 Å². The largest absolute Gasteiger partial charge is 0.491 e. The van der Waals surface area contributed by atoms with Crippen LogP contribution in [0.5, 0.6) is 5.75 Å². The number of para-hydroxylation sites is 1. The maximum atomic E-state index is 5.94. The van der Waals surface area contributed by atoms with Gasteiger partial charge in [0.25, 0.3) is 0 Å². The third-order valence-corrected chi connectivity index (χ3v) is 3.04. The van der Waals surface area contributed by atoms with Gasteiger partial charge in [0, 0.05) is 0 Å². The number of nitrogen functional groups attached to an aromatic ring is 1. The van der Waals surface area contributed by atoms with E-state index in [4.69, 9.17) is 10.5 Å². The number of nitrogens with two attached hydrogens (primary N) is 1. The molecule has 0 unspecified atom stereocenters. The van der Waals surface area contributed by atoms with E-state index in [0.29, 0.717) is 0 Å². The van der Waals surface area contributed by atoms with E-state index in [1.807, 2.05) is 25.1 Å². The Labute approximate surface area is 105 Å². The van der Waals surface area contributed by atoms with Crippen molar-refractivity contribution in [3.63, 3.8) is 0 Å². The molecule has 0 fully saturated rings. The molecule has 0 aliphatic carbocycles. The summed E-state index contributed by atoms with van der Waals surface area (Å²) in [7, 11) is 0. The van der Waals surface area contributed by atoms with Gasteiger partial charge in [0.15, 0.2) is 0 Å². The molecular formula is C15H25NO. The summed E-state index contributed by atoms with van der Waals surface area (Å²) in [6.07, 6.45) is 7.70. The maximum absolute atomic E-state index is 5.94. The van der Waals surface area contributed by atoms with Crippen LogP contribution in [-0.2, 0) is 0 Å². The van der Waals surface area contributed by atoms with Crippen LogP contribution >= 0.6 is 0 Å². The lowest BCUT2D eigenvalue weighted by atomic mass is 10.1. The van der Waals surface area contributed by atoms with E-state index in [0.717, 1.165) is 30.0 Å². The van der Waals surface area contributed by atoms with Crippen molar-refractivity contribution in [2.24, 2.45) is 0 Å². The van der Waals surface area contributed by atoms with Crippen LogP contribution in [0.4, 0.5) is 5.69 Å². The number of unbranched alkanes of at least 4 members (excludes halogenated alkanes) is 5. The van der Waals surface area contributed by atoms with Crippen LogP contribution in [0.1, 0.15) is 51.0 Å². The molecule has 1 aromatic rings. The van der Waals surface area contributed by atoms with E-state index in [-0.39, 0.29) is 0 Å². The van der Waals surface area contributed by atoms with Crippen LogP contribution in [0, 0.1) is 6.92 Å². The van der Waals surface area contributed by atoms with Gasteiger partial charge in [0.1, 0.15) is 5.75 Å². The molecule has 2 N–H and O–H groups in total. The van der Waals surface area contributed by atoms with Crippen molar-refractivity contribution in [3.8, 4) is 5.75 Å². The highest BCUT2D eigenvalue weighted by Gasteiger charge is 2.01. The van der Waals surface area contributed by atoms with Gasteiger partial charge < -0.3 is 10.5 Å². The Hall–Kier alpha value is -1.18. The fourth-order valence-corrected chi connectivity index (χ4v) is 1.84. The highest BCUT2D eigenvalue weighted by Crippen LogP contribution is 2.24. The standard InChI is InChI=1S/C15H25NO/c1-3-4-5-6-7-8-12-17-14-11-9-10-13(2)15(14)16/h9-11H,3-8,12,16H2,1-2H3. The number of hydrogen-bond donors (Lipinski definition) is 1. The number of hydrogen-bond acceptors (Lipinski definition) is 2. The van der Waals surface area contributed by atoms with Gasteiger partial charge in [-0.1, -0.05) is 51.2 Å². The lowest BCUT2D eigenvalue weighted by Gasteiger charge is -2.10. The number of ether oxygens (including phenoxy) is 1. The van der Waals surface area contributed by atoms with E-state index < -0.39 is 0 Å². The Balaban J connectivity index is 2.16. The van der Waals surface area contributed by atoms with Crippen molar-refractivity contribution in [2.75, 3.05) is 12.3 Å². The molecule has 2 nitrogen and oxygen atoms in total. The van der Waals surface area contributed by atoms with Crippen molar-refractivity contribution < 1.29 is 4.74 Å². The van der Waals surface area contributed by atoms with Crippen LogP contribution in [-0.4, -0.2) is 6.61 Å². The van der Waals surface area contributed by atoms with Crippen LogP contribution in [0.15, 0.2) is 18.2 Å². The summed E-state index contributed by atoms with van der Waals surface area (Å²) < 4.78 is 5.70. The molecule has 17 heavy (non-hydrogen) atoms. The first kappa shape index (κ1) is 13.9. The molecule has 0 bridgehead atoms. The summed E-state index contributed by atoms with van der Waals surface area (Å²) in [6.45, 7) is 5.02. The summed E-state index contributed by atoms with van der Waals surface area (Å²) >= 11 is 0. The first-order valence-corrected chi connectivity index (χ1v) is 6.73. The molecular weight excluding hydrogens is 210 g/mol. The SMILES string of the molecule is CCCCCCCCOc1cccc(C)c1N. The second kappa shape index (κ2) is 7.99. The second-order valence-corrected chi connectivity index (χ2v) is 4.60. The minimum atomic E-state index is 0.776. The minimum Gasteiger partial charge on any atom is -0.491 e. The summed E-state index contributed by atoms with van der Waals surface area (Å²) in [6, 6.07) is 5.94. The van der Waals surface area contributed by atoms with E-state index in [1.165, 1.54) is 32.1 Å². The van der Waals surface area contributed by atoms with Gasteiger partial charge in [-0.25, -0.2) is 0 Å². The Bertz CT molecular complexity index is 323. The molecule has 0 saturated carbocycles. The van der Waals surface area contributed by atoms with E-state index in [2.05, 4.69) is 6.92 Å². The molecule has 0 spiro atoms. The summed E-state index contributed by atoms with van der Waals surface area (Å²) in [5, 5.41) is 0. The second-order valence-electron chi connectivity index (χ2n) is 4.60. The van der Waals surface area contributed by atoms with Crippen molar-refractivity contribution >= 4 is 5.69 Å². The smallest absolute Gasteiger partial charge is 0.142 e. The molecule has 0 aromatic heterocycles. The predicted octanol–water partition coefficient (Wildman–Crippen LogP) is 4.32. The maximum Gasteiger partial charge on any atom is 0.142 e. The van der Waals surface area contributed by atoms with Crippen molar-refractivity contribution in [1.82, 2.24) is 0 Å². The first-order chi connectivity index (χ1) is 8.25. The zero-order chi connectivity index (χ0) is 12.5. The topological polar surface area (TPSA) is 35.2 Å². The van der Waals surface area contributed by atoms with Crippen molar-refractivity contribution in [1.29, 1.82) is 0 Å². The fraction of sp³-hybridized carbons (Fsp3) is 0.600. The van der Waals surface area contributed by atoms with Crippen molar-refractivity contribution in [3.05, 3.63) is 23.8 Å². The predicted molar refractivity (Wildman–Crippen MR) is 74.5 cm³/mol. The van der Waals surface area contributed by atoms with Crippen molar-refractivity contribution in [2.45, 2.75) is 52.4 Å². The number of anilines is 1. The van der Waals surface area contributed by atoms with Crippen LogP contribution in [0.2, 0.25) is 0 Å². The van der Waals surface area contributed by atoms with Gasteiger partial charge in [-0.2, -0.15) is 0 Å². The minimum absolute atomic E-state index is 0.776. The molecule has 0 saturated heterocycles. The number of aryl methyl sites for hydroxylation is 1. The molecule has 0 atom stereocenters. The van der Waals surface area contributed by atoms with Gasteiger partial charge in [0.2, 0.25) is 0 Å². The fourth-order valence-electron chi connectivity index (χ4n) is 1.84. The Morgan fingerprint density at radius 3 is 2.53 bits per heavy atom.